The summed E-state index contributed by atoms with van der Waals surface area (Å²) in [5.74, 6) is 1.17. The quantitative estimate of drug-likeness (QED) is 0.429. The molecule has 0 saturated heterocycles. The van der Waals surface area contributed by atoms with Gasteiger partial charge in [-0.2, -0.15) is 0 Å². The van der Waals surface area contributed by atoms with E-state index in [0.29, 0.717) is 11.8 Å². The molecule has 1 radical (unpaired) electrons. The molecule has 1 aliphatic rings. The van der Waals surface area contributed by atoms with Crippen LogP contribution in [0.2, 0.25) is 0 Å². The third-order valence-electron chi connectivity index (χ3n) is 4.63. The predicted octanol–water partition coefficient (Wildman–Crippen LogP) is 5.70. The Morgan fingerprint density at radius 1 is 1.00 bits per heavy atom. The summed E-state index contributed by atoms with van der Waals surface area (Å²) in [6, 6.07) is 22.7. The van der Waals surface area contributed by atoms with Crippen molar-refractivity contribution in [3.8, 4) is 22.4 Å². The molecular formula is C22H20IrN-. The molecule has 0 fully saturated rings. The summed E-state index contributed by atoms with van der Waals surface area (Å²) in [5, 5.41) is 0. The van der Waals surface area contributed by atoms with Gasteiger partial charge in [0.05, 0.1) is 0 Å². The minimum Gasteiger partial charge on any atom is -0.305 e. The third kappa shape index (κ3) is 2.97. The van der Waals surface area contributed by atoms with Gasteiger partial charge in [-0.15, -0.1) is 29.3 Å². The zero-order valence-corrected chi connectivity index (χ0v) is 16.3. The van der Waals surface area contributed by atoms with Gasteiger partial charge in [0.25, 0.3) is 0 Å². The van der Waals surface area contributed by atoms with Gasteiger partial charge in [-0.25, -0.2) is 0 Å². The molecule has 1 heterocycles. The van der Waals surface area contributed by atoms with Gasteiger partial charge in [-0.3, -0.25) is 0 Å². The van der Waals surface area contributed by atoms with Gasteiger partial charge < -0.3 is 4.98 Å². The van der Waals surface area contributed by atoms with E-state index in [0.717, 1.165) is 11.3 Å². The molecular weight excluding hydrogens is 470 g/mol. The monoisotopic (exact) mass is 491 g/mol. The molecule has 1 unspecified atom stereocenters. The molecule has 1 aliphatic carbocycles. The van der Waals surface area contributed by atoms with Gasteiger partial charge in [0.1, 0.15) is 0 Å². The van der Waals surface area contributed by atoms with Gasteiger partial charge >= 0.3 is 0 Å². The summed E-state index contributed by atoms with van der Waals surface area (Å²) in [5.41, 5.74) is 7.66. The number of benzene rings is 2. The first kappa shape index (κ1) is 17.1. The maximum Gasteiger partial charge on any atom is 0.0160 e. The summed E-state index contributed by atoms with van der Waals surface area (Å²) in [6.07, 6.45) is 3.02. The van der Waals surface area contributed by atoms with E-state index >= 15 is 0 Å². The number of pyridine rings is 1. The summed E-state index contributed by atoms with van der Waals surface area (Å²) in [7, 11) is 0. The third-order valence-corrected chi connectivity index (χ3v) is 4.63. The SMILES string of the molecule is CC(C)CC1c2c[c-]c(-c3ccccn3)cc2-c2ccccc21.[Ir]. The first-order valence-electron chi connectivity index (χ1n) is 8.30. The van der Waals surface area contributed by atoms with Gasteiger partial charge in [-0.1, -0.05) is 55.8 Å². The normalized spacial score (nSPS) is 14.9. The second kappa shape index (κ2) is 7.01. The van der Waals surface area contributed by atoms with Crippen molar-refractivity contribution < 1.29 is 20.1 Å². The van der Waals surface area contributed by atoms with Gasteiger partial charge in [0, 0.05) is 26.3 Å². The number of nitrogens with zero attached hydrogens (tertiary/aromatic N) is 1. The maximum atomic E-state index is 4.47. The van der Waals surface area contributed by atoms with Crippen molar-refractivity contribution in [3.05, 3.63) is 78.0 Å². The molecule has 0 saturated carbocycles. The standard InChI is InChI=1S/C22H20N.Ir/c1-15(2)13-20-17-7-3-4-8-18(17)21-14-16(10-11-19(20)21)22-9-5-6-12-23-22;/h3-9,11-12,14-15,20H,13H2,1-2H3;/q-1;. The van der Waals surface area contributed by atoms with Crippen molar-refractivity contribution in [2.75, 3.05) is 0 Å². The molecule has 2 heteroatoms. The Morgan fingerprint density at radius 2 is 1.79 bits per heavy atom. The summed E-state index contributed by atoms with van der Waals surface area (Å²) >= 11 is 0. The molecule has 2 aromatic carbocycles. The fourth-order valence-corrected chi connectivity index (χ4v) is 3.63. The van der Waals surface area contributed by atoms with Crippen molar-refractivity contribution in [2.45, 2.75) is 26.2 Å². The van der Waals surface area contributed by atoms with Crippen LogP contribution in [0.5, 0.6) is 0 Å². The number of aromatic nitrogens is 1. The van der Waals surface area contributed by atoms with Crippen LogP contribution in [0.1, 0.15) is 37.3 Å². The minimum atomic E-state index is 0. The van der Waals surface area contributed by atoms with Crippen molar-refractivity contribution in [1.82, 2.24) is 4.98 Å². The van der Waals surface area contributed by atoms with E-state index in [9.17, 15) is 0 Å². The second-order valence-electron chi connectivity index (χ2n) is 6.70. The van der Waals surface area contributed by atoms with E-state index in [4.69, 9.17) is 0 Å². The molecule has 0 amide bonds. The van der Waals surface area contributed by atoms with Crippen LogP contribution >= 0.6 is 0 Å². The number of hydrogen-bond acceptors (Lipinski definition) is 1. The smallest absolute Gasteiger partial charge is 0.0160 e. The topological polar surface area (TPSA) is 12.9 Å². The van der Waals surface area contributed by atoms with Crippen LogP contribution in [0.3, 0.4) is 0 Å². The molecule has 123 valence electrons. The van der Waals surface area contributed by atoms with Crippen molar-refractivity contribution in [2.24, 2.45) is 5.92 Å². The van der Waals surface area contributed by atoms with E-state index in [-0.39, 0.29) is 20.1 Å². The number of fused-ring (bicyclic) bond motifs is 3. The molecule has 1 atom stereocenters. The van der Waals surface area contributed by atoms with Crippen molar-refractivity contribution in [1.29, 1.82) is 0 Å². The van der Waals surface area contributed by atoms with E-state index in [1.54, 1.807) is 0 Å². The van der Waals surface area contributed by atoms with E-state index in [1.807, 2.05) is 24.4 Å². The maximum absolute atomic E-state index is 4.47. The van der Waals surface area contributed by atoms with E-state index in [2.05, 4.69) is 61.3 Å². The first-order valence-corrected chi connectivity index (χ1v) is 8.30. The fraction of sp³-hybridized carbons (Fsp3) is 0.227. The Hall–Kier alpha value is -1.76. The first-order chi connectivity index (χ1) is 11.2. The van der Waals surface area contributed by atoms with Crippen LogP contribution in [-0.2, 0) is 20.1 Å². The van der Waals surface area contributed by atoms with Crippen molar-refractivity contribution >= 4 is 0 Å². The number of rotatable bonds is 3. The summed E-state index contributed by atoms with van der Waals surface area (Å²) in [4.78, 5) is 4.47. The number of hydrogen-bond donors (Lipinski definition) is 0. The van der Waals surface area contributed by atoms with Gasteiger partial charge in [-0.05, 0) is 41.1 Å². The molecule has 4 rings (SSSR count). The average Bonchev–Trinajstić information content (AvgIpc) is 2.89. The van der Waals surface area contributed by atoms with Crippen LogP contribution in [0.15, 0.2) is 60.8 Å². The Kier molecular flexibility index (Phi) is 4.98. The second-order valence-corrected chi connectivity index (χ2v) is 6.70. The molecule has 0 aliphatic heterocycles. The van der Waals surface area contributed by atoms with E-state index < -0.39 is 0 Å². The minimum absolute atomic E-state index is 0. The van der Waals surface area contributed by atoms with Crippen LogP contribution in [0.25, 0.3) is 22.4 Å². The fourth-order valence-electron chi connectivity index (χ4n) is 3.63. The summed E-state index contributed by atoms with van der Waals surface area (Å²) in [6.45, 7) is 4.60. The van der Waals surface area contributed by atoms with Gasteiger partial charge in [0.2, 0.25) is 0 Å². The molecule has 0 bridgehead atoms. The van der Waals surface area contributed by atoms with Crippen LogP contribution in [-0.4, -0.2) is 4.98 Å². The zero-order chi connectivity index (χ0) is 15.8. The zero-order valence-electron chi connectivity index (χ0n) is 13.9. The van der Waals surface area contributed by atoms with E-state index in [1.165, 1.54) is 28.7 Å². The molecule has 0 spiro atoms. The largest absolute Gasteiger partial charge is 0.305 e. The van der Waals surface area contributed by atoms with Crippen LogP contribution in [0.4, 0.5) is 0 Å². The van der Waals surface area contributed by atoms with Gasteiger partial charge in [0.15, 0.2) is 0 Å². The predicted molar refractivity (Wildman–Crippen MR) is 95.2 cm³/mol. The molecule has 0 N–H and O–H groups in total. The van der Waals surface area contributed by atoms with Crippen LogP contribution in [0, 0.1) is 12.0 Å². The van der Waals surface area contributed by atoms with Crippen LogP contribution < -0.4 is 0 Å². The van der Waals surface area contributed by atoms with Crippen molar-refractivity contribution in [3.63, 3.8) is 0 Å². The molecule has 1 aromatic heterocycles. The molecule has 24 heavy (non-hydrogen) atoms. The Balaban J connectivity index is 0.00000169. The molecule has 3 aromatic rings. The Morgan fingerprint density at radius 3 is 2.54 bits per heavy atom. The average molecular weight is 491 g/mol. The Bertz CT molecular complexity index is 840. The molecule has 1 nitrogen and oxygen atoms in total. The Labute approximate surface area is 157 Å². The summed E-state index contributed by atoms with van der Waals surface area (Å²) < 4.78 is 0.